The lowest BCUT2D eigenvalue weighted by atomic mass is 10.1. The smallest absolute Gasteiger partial charge is 0.335 e. The van der Waals surface area contributed by atoms with Gasteiger partial charge in [-0.1, -0.05) is 30.3 Å². The van der Waals surface area contributed by atoms with Crippen molar-refractivity contribution < 1.29 is 19.4 Å². The van der Waals surface area contributed by atoms with Crippen molar-refractivity contribution in [3.8, 4) is 5.75 Å². The molecule has 0 aliphatic carbocycles. The van der Waals surface area contributed by atoms with Crippen LogP contribution < -0.4 is 10.1 Å². The number of aromatic carboxylic acids is 1. The fourth-order valence-corrected chi connectivity index (χ4v) is 2.04. The third kappa shape index (κ3) is 5.14. The molecule has 23 heavy (non-hydrogen) atoms. The predicted molar refractivity (Wildman–Crippen MR) is 86.6 cm³/mol. The topological polar surface area (TPSA) is 75.6 Å². The zero-order valence-corrected chi connectivity index (χ0v) is 12.9. The van der Waals surface area contributed by atoms with E-state index in [1.165, 1.54) is 0 Å². The van der Waals surface area contributed by atoms with Gasteiger partial charge in [-0.2, -0.15) is 0 Å². The summed E-state index contributed by atoms with van der Waals surface area (Å²) in [5.74, 6) is -0.479. The van der Waals surface area contributed by atoms with Crippen LogP contribution >= 0.6 is 0 Å². The lowest BCUT2D eigenvalue weighted by Crippen LogP contribution is -2.37. The quantitative estimate of drug-likeness (QED) is 0.823. The summed E-state index contributed by atoms with van der Waals surface area (Å²) >= 11 is 0. The minimum absolute atomic E-state index is 0.184. The van der Waals surface area contributed by atoms with Crippen LogP contribution in [0.2, 0.25) is 0 Å². The molecule has 2 N–H and O–H groups in total. The second-order valence-electron chi connectivity index (χ2n) is 5.12. The second kappa shape index (κ2) is 7.98. The largest absolute Gasteiger partial charge is 0.481 e. The van der Waals surface area contributed by atoms with E-state index < -0.39 is 12.1 Å². The zero-order valence-electron chi connectivity index (χ0n) is 12.9. The maximum Gasteiger partial charge on any atom is 0.335 e. The van der Waals surface area contributed by atoms with Crippen molar-refractivity contribution in [2.75, 3.05) is 6.54 Å². The highest BCUT2D eigenvalue weighted by Gasteiger charge is 2.13. The summed E-state index contributed by atoms with van der Waals surface area (Å²) in [6, 6.07) is 15.8. The molecule has 5 heteroatoms. The summed E-state index contributed by atoms with van der Waals surface area (Å²) in [6.07, 6.45) is 0.0516. The molecule has 0 saturated heterocycles. The van der Waals surface area contributed by atoms with E-state index in [0.29, 0.717) is 18.7 Å². The molecule has 1 amide bonds. The molecule has 0 fully saturated rings. The van der Waals surface area contributed by atoms with Crippen LogP contribution in [0.5, 0.6) is 5.75 Å². The Morgan fingerprint density at radius 2 is 1.74 bits per heavy atom. The van der Waals surface area contributed by atoms with Crippen molar-refractivity contribution >= 4 is 11.9 Å². The van der Waals surface area contributed by atoms with Crippen LogP contribution in [-0.2, 0) is 11.2 Å². The van der Waals surface area contributed by atoms with Gasteiger partial charge in [-0.15, -0.1) is 0 Å². The van der Waals surface area contributed by atoms with Gasteiger partial charge in [0.2, 0.25) is 0 Å². The van der Waals surface area contributed by atoms with Crippen LogP contribution in [0.15, 0.2) is 54.6 Å². The molecule has 5 nitrogen and oxygen atoms in total. The van der Waals surface area contributed by atoms with Gasteiger partial charge in [0, 0.05) is 6.54 Å². The lowest BCUT2D eigenvalue weighted by molar-refractivity contribution is -0.127. The Hall–Kier alpha value is -2.82. The highest BCUT2D eigenvalue weighted by atomic mass is 16.5. The van der Waals surface area contributed by atoms with Crippen molar-refractivity contribution in [2.24, 2.45) is 0 Å². The first-order valence-corrected chi connectivity index (χ1v) is 7.38. The zero-order chi connectivity index (χ0) is 16.7. The highest BCUT2D eigenvalue weighted by Crippen LogP contribution is 2.10. The molecule has 0 radical (unpaired) electrons. The van der Waals surface area contributed by atoms with Crippen LogP contribution in [0.25, 0.3) is 0 Å². The number of hydrogen-bond acceptors (Lipinski definition) is 3. The Balaban J connectivity index is 1.76. The van der Waals surface area contributed by atoms with Gasteiger partial charge in [0.15, 0.2) is 6.10 Å². The molecule has 0 bridgehead atoms. The molecule has 2 rings (SSSR count). The van der Waals surface area contributed by atoms with Crippen LogP contribution in [0, 0.1) is 0 Å². The minimum Gasteiger partial charge on any atom is -0.481 e. The average Bonchev–Trinajstić information content (AvgIpc) is 2.56. The van der Waals surface area contributed by atoms with E-state index in [1.807, 2.05) is 18.2 Å². The van der Waals surface area contributed by atoms with E-state index in [-0.39, 0.29) is 11.5 Å². The van der Waals surface area contributed by atoms with Crippen molar-refractivity contribution in [3.63, 3.8) is 0 Å². The molecule has 1 unspecified atom stereocenters. The van der Waals surface area contributed by atoms with Gasteiger partial charge < -0.3 is 15.2 Å². The van der Waals surface area contributed by atoms with Gasteiger partial charge in [-0.25, -0.2) is 4.79 Å². The monoisotopic (exact) mass is 313 g/mol. The third-order valence-corrected chi connectivity index (χ3v) is 3.34. The Morgan fingerprint density at radius 3 is 2.35 bits per heavy atom. The van der Waals surface area contributed by atoms with Gasteiger partial charge in [-0.05, 0) is 43.2 Å². The number of carbonyl (C=O) groups excluding carboxylic acids is 1. The standard InChI is InChI=1S/C18H19NO4/c1-13(23-16-5-3-2-4-6-16)17(20)19-12-11-14-7-9-15(10-8-14)18(21)22/h2-10,13H,11-12H2,1H3,(H,19,20)(H,21,22). The van der Waals surface area contributed by atoms with Gasteiger partial charge in [0.05, 0.1) is 5.56 Å². The van der Waals surface area contributed by atoms with E-state index >= 15 is 0 Å². The molecule has 0 aliphatic rings. The summed E-state index contributed by atoms with van der Waals surface area (Å²) in [6.45, 7) is 2.16. The number of carboxylic acid groups (broad SMARTS) is 1. The first-order valence-electron chi connectivity index (χ1n) is 7.38. The van der Waals surface area contributed by atoms with Gasteiger partial charge in [-0.3, -0.25) is 4.79 Å². The lowest BCUT2D eigenvalue weighted by Gasteiger charge is -2.14. The van der Waals surface area contributed by atoms with Crippen LogP contribution in [0.1, 0.15) is 22.8 Å². The number of carbonyl (C=O) groups is 2. The first kappa shape index (κ1) is 16.5. The molecule has 0 aliphatic heterocycles. The summed E-state index contributed by atoms with van der Waals surface area (Å²) in [5, 5.41) is 11.6. The Morgan fingerprint density at radius 1 is 1.09 bits per heavy atom. The molecular formula is C18H19NO4. The summed E-state index contributed by atoms with van der Waals surface area (Å²) in [5.41, 5.74) is 1.22. The average molecular weight is 313 g/mol. The Labute approximate surface area is 134 Å². The van der Waals surface area contributed by atoms with E-state index in [1.54, 1.807) is 43.3 Å². The summed E-state index contributed by atoms with van der Waals surface area (Å²) in [7, 11) is 0. The van der Waals surface area contributed by atoms with Gasteiger partial charge in [0.25, 0.3) is 5.91 Å². The number of nitrogens with one attached hydrogen (secondary N) is 1. The van der Waals surface area contributed by atoms with E-state index in [0.717, 1.165) is 5.56 Å². The second-order valence-corrected chi connectivity index (χ2v) is 5.12. The molecule has 120 valence electrons. The number of ether oxygens (including phenoxy) is 1. The van der Waals surface area contributed by atoms with E-state index in [2.05, 4.69) is 5.32 Å². The van der Waals surface area contributed by atoms with Gasteiger partial charge >= 0.3 is 5.97 Å². The number of benzene rings is 2. The first-order chi connectivity index (χ1) is 11.1. The molecule has 0 heterocycles. The number of amides is 1. The summed E-state index contributed by atoms with van der Waals surface area (Å²) < 4.78 is 5.54. The molecule has 0 spiro atoms. The molecule has 0 aromatic heterocycles. The van der Waals surface area contributed by atoms with Crippen molar-refractivity contribution in [3.05, 3.63) is 65.7 Å². The number of rotatable bonds is 7. The van der Waals surface area contributed by atoms with Crippen molar-refractivity contribution in [1.82, 2.24) is 5.32 Å². The van der Waals surface area contributed by atoms with E-state index in [4.69, 9.17) is 9.84 Å². The predicted octanol–water partition coefficient (Wildman–Crippen LogP) is 2.51. The van der Waals surface area contributed by atoms with Crippen LogP contribution in [0.4, 0.5) is 0 Å². The van der Waals surface area contributed by atoms with Crippen molar-refractivity contribution in [1.29, 1.82) is 0 Å². The minimum atomic E-state index is -0.947. The van der Waals surface area contributed by atoms with Gasteiger partial charge in [0.1, 0.15) is 5.75 Å². The van der Waals surface area contributed by atoms with Crippen LogP contribution in [-0.4, -0.2) is 29.6 Å². The molecule has 2 aromatic rings. The maximum absolute atomic E-state index is 12.0. The van der Waals surface area contributed by atoms with Crippen LogP contribution in [0.3, 0.4) is 0 Å². The SMILES string of the molecule is CC(Oc1ccccc1)C(=O)NCCc1ccc(C(=O)O)cc1. The molecule has 2 aromatic carbocycles. The number of hydrogen-bond donors (Lipinski definition) is 2. The van der Waals surface area contributed by atoms with E-state index in [9.17, 15) is 9.59 Å². The fourth-order valence-electron chi connectivity index (χ4n) is 2.04. The molecule has 1 atom stereocenters. The molecular weight excluding hydrogens is 294 g/mol. The van der Waals surface area contributed by atoms with Crippen molar-refractivity contribution in [2.45, 2.75) is 19.4 Å². The Bertz CT molecular complexity index is 652. The normalized spacial score (nSPS) is 11.5. The maximum atomic E-state index is 12.0. The fraction of sp³-hybridized carbons (Fsp3) is 0.222. The molecule has 0 saturated carbocycles. The number of carboxylic acids is 1. The summed E-state index contributed by atoms with van der Waals surface area (Å²) in [4.78, 5) is 22.7. The third-order valence-electron chi connectivity index (χ3n) is 3.34. The number of para-hydroxylation sites is 1. The Kier molecular flexibility index (Phi) is 5.74. The highest BCUT2D eigenvalue weighted by molar-refractivity contribution is 5.87.